The highest BCUT2D eigenvalue weighted by molar-refractivity contribution is 5.94. The number of aliphatic carboxylic acids is 1. The minimum atomic E-state index is -0.832. The molecule has 1 aromatic heterocycles. The molecule has 114 valence electrons. The van der Waals surface area contributed by atoms with Crippen LogP contribution in [0.5, 0.6) is 0 Å². The first-order valence-electron chi connectivity index (χ1n) is 7.16. The summed E-state index contributed by atoms with van der Waals surface area (Å²) in [5.74, 6) is -0.809. The van der Waals surface area contributed by atoms with E-state index in [0.717, 1.165) is 18.7 Å². The molecule has 2 rings (SSSR count). The monoisotopic (exact) mass is 291 g/mol. The molecule has 0 aliphatic heterocycles. The molecule has 0 spiro atoms. The first-order chi connectivity index (χ1) is 9.99. The number of nitrogens with zero attached hydrogens (tertiary/aromatic N) is 2. The molecule has 1 fully saturated rings. The number of anilines is 1. The summed E-state index contributed by atoms with van der Waals surface area (Å²) < 4.78 is 0. The van der Waals surface area contributed by atoms with E-state index in [2.05, 4.69) is 10.3 Å². The Kier molecular flexibility index (Phi) is 4.77. The second-order valence-electron chi connectivity index (χ2n) is 5.61. The number of hydrogen-bond donors (Lipinski definition) is 2. The van der Waals surface area contributed by atoms with E-state index in [1.165, 1.54) is 6.20 Å². The van der Waals surface area contributed by atoms with Crippen LogP contribution in [-0.2, 0) is 4.79 Å². The van der Waals surface area contributed by atoms with Crippen LogP contribution in [0.25, 0.3) is 0 Å². The van der Waals surface area contributed by atoms with Gasteiger partial charge in [0, 0.05) is 26.3 Å². The van der Waals surface area contributed by atoms with E-state index in [-0.39, 0.29) is 11.9 Å². The molecule has 0 saturated heterocycles. The third-order valence-corrected chi connectivity index (χ3v) is 3.87. The average Bonchev–Trinajstić information content (AvgIpc) is 2.47. The number of carboxylic acid groups (broad SMARTS) is 1. The zero-order valence-electron chi connectivity index (χ0n) is 12.4. The van der Waals surface area contributed by atoms with Crippen molar-refractivity contribution in [1.82, 2.24) is 10.3 Å². The molecular formula is C15H21N3O3. The van der Waals surface area contributed by atoms with E-state index in [1.54, 1.807) is 12.1 Å². The topological polar surface area (TPSA) is 82.5 Å². The van der Waals surface area contributed by atoms with Gasteiger partial charge >= 0.3 is 5.97 Å². The van der Waals surface area contributed by atoms with Crippen LogP contribution in [-0.4, -0.2) is 42.1 Å². The summed E-state index contributed by atoms with van der Waals surface area (Å²) in [6, 6.07) is 3.18. The Hall–Kier alpha value is -2.11. The van der Waals surface area contributed by atoms with Crippen molar-refractivity contribution in [3.63, 3.8) is 0 Å². The molecular weight excluding hydrogens is 270 g/mol. The van der Waals surface area contributed by atoms with Gasteiger partial charge < -0.3 is 15.3 Å². The molecule has 1 aliphatic carbocycles. The van der Waals surface area contributed by atoms with Crippen molar-refractivity contribution in [1.29, 1.82) is 0 Å². The zero-order chi connectivity index (χ0) is 15.4. The quantitative estimate of drug-likeness (QED) is 0.879. The van der Waals surface area contributed by atoms with E-state index in [9.17, 15) is 14.7 Å². The summed E-state index contributed by atoms with van der Waals surface area (Å²) in [5, 5.41) is 12.1. The van der Waals surface area contributed by atoms with Gasteiger partial charge in [0.05, 0.1) is 11.5 Å². The van der Waals surface area contributed by atoms with E-state index in [4.69, 9.17) is 0 Å². The highest BCUT2D eigenvalue weighted by atomic mass is 16.4. The molecule has 1 aliphatic rings. The van der Waals surface area contributed by atoms with Crippen LogP contribution in [0.3, 0.4) is 0 Å². The van der Waals surface area contributed by atoms with Gasteiger partial charge in [-0.1, -0.05) is 12.8 Å². The molecule has 1 aromatic rings. The number of carboxylic acids is 1. The Balaban J connectivity index is 2.04. The first-order valence-corrected chi connectivity index (χ1v) is 7.16. The molecule has 0 bridgehead atoms. The SMILES string of the molecule is CN(C)c1ccc(C(=O)NC2CCCCC2C(=O)O)cn1. The minimum absolute atomic E-state index is 0.258. The summed E-state index contributed by atoms with van der Waals surface area (Å²) in [6.07, 6.45) is 4.71. The zero-order valence-corrected chi connectivity index (χ0v) is 12.4. The van der Waals surface area contributed by atoms with Gasteiger partial charge in [-0.05, 0) is 25.0 Å². The molecule has 6 heteroatoms. The van der Waals surface area contributed by atoms with Crippen molar-refractivity contribution in [2.24, 2.45) is 5.92 Å². The van der Waals surface area contributed by atoms with Crippen LogP contribution in [0.2, 0.25) is 0 Å². The van der Waals surface area contributed by atoms with Crippen LogP contribution in [0.15, 0.2) is 18.3 Å². The third-order valence-electron chi connectivity index (χ3n) is 3.87. The lowest BCUT2D eigenvalue weighted by Gasteiger charge is -2.29. The summed E-state index contributed by atoms with van der Waals surface area (Å²) >= 11 is 0. The van der Waals surface area contributed by atoms with E-state index in [1.807, 2.05) is 19.0 Å². The van der Waals surface area contributed by atoms with Gasteiger partial charge in [-0.2, -0.15) is 0 Å². The fourth-order valence-electron chi connectivity index (χ4n) is 2.64. The number of pyridine rings is 1. The maximum Gasteiger partial charge on any atom is 0.308 e. The smallest absolute Gasteiger partial charge is 0.308 e. The predicted octanol–water partition coefficient (Wildman–Crippen LogP) is 1.52. The Morgan fingerprint density at radius 1 is 1.29 bits per heavy atom. The lowest BCUT2D eigenvalue weighted by atomic mass is 9.84. The van der Waals surface area contributed by atoms with E-state index < -0.39 is 11.9 Å². The fourth-order valence-corrected chi connectivity index (χ4v) is 2.64. The van der Waals surface area contributed by atoms with Crippen molar-refractivity contribution in [3.05, 3.63) is 23.9 Å². The number of aromatic nitrogens is 1. The van der Waals surface area contributed by atoms with Crippen LogP contribution >= 0.6 is 0 Å². The molecule has 0 aromatic carbocycles. The first kappa shape index (κ1) is 15.3. The fraction of sp³-hybridized carbons (Fsp3) is 0.533. The Labute approximate surface area is 124 Å². The second-order valence-corrected chi connectivity index (χ2v) is 5.61. The van der Waals surface area contributed by atoms with Crippen LogP contribution in [0, 0.1) is 5.92 Å². The van der Waals surface area contributed by atoms with Crippen molar-refractivity contribution < 1.29 is 14.7 Å². The van der Waals surface area contributed by atoms with Gasteiger partial charge in [0.25, 0.3) is 5.91 Å². The maximum absolute atomic E-state index is 12.2. The number of carbonyl (C=O) groups excluding carboxylic acids is 1. The van der Waals surface area contributed by atoms with Crippen LogP contribution in [0.4, 0.5) is 5.82 Å². The molecule has 1 heterocycles. The molecule has 2 unspecified atom stereocenters. The van der Waals surface area contributed by atoms with Gasteiger partial charge in [0.1, 0.15) is 5.82 Å². The summed E-state index contributed by atoms with van der Waals surface area (Å²) in [7, 11) is 3.75. The van der Waals surface area contributed by atoms with Gasteiger partial charge in [-0.15, -0.1) is 0 Å². The number of nitrogens with one attached hydrogen (secondary N) is 1. The number of hydrogen-bond acceptors (Lipinski definition) is 4. The predicted molar refractivity (Wildman–Crippen MR) is 79.4 cm³/mol. The van der Waals surface area contributed by atoms with Gasteiger partial charge in [-0.3, -0.25) is 9.59 Å². The second kappa shape index (κ2) is 6.56. The molecule has 2 atom stereocenters. The summed E-state index contributed by atoms with van der Waals surface area (Å²) in [6.45, 7) is 0. The van der Waals surface area contributed by atoms with Gasteiger partial charge in [0.2, 0.25) is 0 Å². The van der Waals surface area contributed by atoms with Crippen LogP contribution in [0.1, 0.15) is 36.0 Å². The van der Waals surface area contributed by atoms with Gasteiger partial charge in [0.15, 0.2) is 0 Å². The molecule has 21 heavy (non-hydrogen) atoms. The summed E-state index contributed by atoms with van der Waals surface area (Å²) in [5.41, 5.74) is 0.454. The highest BCUT2D eigenvalue weighted by Gasteiger charge is 2.31. The van der Waals surface area contributed by atoms with E-state index in [0.29, 0.717) is 18.4 Å². The summed E-state index contributed by atoms with van der Waals surface area (Å²) in [4.78, 5) is 29.5. The Bertz CT molecular complexity index is 513. The molecule has 1 saturated carbocycles. The van der Waals surface area contributed by atoms with Crippen molar-refractivity contribution >= 4 is 17.7 Å². The standard InChI is InChI=1S/C15H21N3O3/c1-18(2)13-8-7-10(9-16-13)14(19)17-12-6-4-3-5-11(12)15(20)21/h7-9,11-12H,3-6H2,1-2H3,(H,17,19)(H,20,21). The number of carbonyl (C=O) groups is 2. The highest BCUT2D eigenvalue weighted by Crippen LogP contribution is 2.25. The van der Waals surface area contributed by atoms with Crippen molar-refractivity contribution in [3.8, 4) is 0 Å². The lowest BCUT2D eigenvalue weighted by Crippen LogP contribution is -2.45. The van der Waals surface area contributed by atoms with Crippen LogP contribution < -0.4 is 10.2 Å². The minimum Gasteiger partial charge on any atom is -0.481 e. The van der Waals surface area contributed by atoms with Crippen molar-refractivity contribution in [2.75, 3.05) is 19.0 Å². The Morgan fingerprint density at radius 3 is 2.57 bits per heavy atom. The number of amides is 1. The van der Waals surface area contributed by atoms with E-state index >= 15 is 0 Å². The third kappa shape index (κ3) is 3.71. The number of rotatable bonds is 4. The molecule has 2 N–H and O–H groups in total. The Morgan fingerprint density at radius 2 is 2.00 bits per heavy atom. The maximum atomic E-state index is 12.2. The largest absolute Gasteiger partial charge is 0.481 e. The lowest BCUT2D eigenvalue weighted by molar-refractivity contribution is -0.143. The molecule has 6 nitrogen and oxygen atoms in total. The van der Waals surface area contributed by atoms with Gasteiger partial charge in [-0.25, -0.2) is 4.98 Å². The normalized spacial score (nSPS) is 21.6. The van der Waals surface area contributed by atoms with Crippen molar-refractivity contribution in [2.45, 2.75) is 31.7 Å². The molecule has 0 radical (unpaired) electrons. The average molecular weight is 291 g/mol. The molecule has 1 amide bonds.